The van der Waals surface area contributed by atoms with E-state index in [9.17, 15) is 0 Å². The normalized spacial score (nSPS) is 27.0. The smallest absolute Gasteiger partial charge is 0.0832 e. The summed E-state index contributed by atoms with van der Waals surface area (Å²) in [5, 5.41) is 6.63. The summed E-state index contributed by atoms with van der Waals surface area (Å²) in [6.45, 7) is 0. The third kappa shape index (κ3) is 4.58. The van der Waals surface area contributed by atoms with E-state index in [2.05, 4.69) is 50.4 Å². The van der Waals surface area contributed by atoms with Gasteiger partial charge < -0.3 is 10.6 Å². The molecule has 2 unspecified atom stereocenters. The van der Waals surface area contributed by atoms with Gasteiger partial charge in [-0.05, 0) is 25.2 Å². The summed E-state index contributed by atoms with van der Waals surface area (Å²) in [6.07, 6.45) is 10.8. The first-order valence-electron chi connectivity index (χ1n) is 4.10. The third-order valence-electron chi connectivity index (χ3n) is 2.12. The van der Waals surface area contributed by atoms with E-state index in [1.807, 2.05) is 12.4 Å². The minimum absolute atomic E-state index is 0. The maximum Gasteiger partial charge on any atom is 0.0832 e. The van der Waals surface area contributed by atoms with Gasteiger partial charge >= 0.3 is 0 Å². The molecule has 0 aromatic carbocycles. The molecule has 0 aromatic heterocycles. The molecule has 2 rings (SSSR count). The fraction of sp³-hybridized carbons (Fsp3) is 0.500. The van der Waals surface area contributed by atoms with Crippen LogP contribution in [0.15, 0.2) is 24.6 Å². The van der Waals surface area contributed by atoms with Crippen molar-refractivity contribution < 1.29 is 3.84 Å². The van der Waals surface area contributed by atoms with Gasteiger partial charge in [0.1, 0.15) is 0 Å². The first-order chi connectivity index (χ1) is 6.38. The van der Waals surface area contributed by atoms with Crippen LogP contribution in [0.25, 0.3) is 0 Å². The molecule has 2 radical (unpaired) electrons. The summed E-state index contributed by atoms with van der Waals surface area (Å²) in [4.78, 5) is 0. The van der Waals surface area contributed by atoms with Gasteiger partial charge in [-0.25, -0.2) is 0 Å². The standard InChI is InChI=1S/C8H12N2.Cl2O.Se/c1-3-7(9-5-1)8-4-2-6-10-8;1-3-2;/h1-2,5-10H,3-4H2;;. The van der Waals surface area contributed by atoms with Crippen LogP contribution in [0.2, 0.25) is 0 Å². The van der Waals surface area contributed by atoms with E-state index in [1.54, 1.807) is 0 Å². The van der Waals surface area contributed by atoms with Crippen molar-refractivity contribution in [1.82, 2.24) is 10.6 Å². The molecule has 0 saturated heterocycles. The molecule has 0 fully saturated rings. The fourth-order valence-corrected chi connectivity index (χ4v) is 1.51. The average molecular weight is 302 g/mol. The Morgan fingerprint density at radius 1 is 1.00 bits per heavy atom. The van der Waals surface area contributed by atoms with Gasteiger partial charge in [-0.15, -0.1) is 0 Å². The first-order valence-corrected chi connectivity index (χ1v) is 4.71. The number of nitrogens with one attached hydrogen (secondary N) is 2. The Balaban J connectivity index is 0.000000381. The Hall–Kier alpha value is 0.139. The van der Waals surface area contributed by atoms with Crippen molar-refractivity contribution in [2.45, 2.75) is 24.9 Å². The Morgan fingerprint density at radius 2 is 1.36 bits per heavy atom. The van der Waals surface area contributed by atoms with Gasteiger partial charge in [0.15, 0.2) is 0 Å². The Bertz CT molecular complexity index is 166. The predicted molar refractivity (Wildman–Crippen MR) is 59.9 cm³/mol. The minimum Gasteiger partial charge on any atom is -0.386 e. The molecular weight excluding hydrogens is 290 g/mol. The van der Waals surface area contributed by atoms with Crippen molar-refractivity contribution in [2.75, 3.05) is 0 Å². The SMILES string of the molecule is C1=CNC(C2CC=CN2)C1.ClOCl.[Se]. The van der Waals surface area contributed by atoms with Crippen molar-refractivity contribution in [3.8, 4) is 0 Å². The molecular formula is C8H12Cl2N2OSe. The topological polar surface area (TPSA) is 33.3 Å². The summed E-state index contributed by atoms with van der Waals surface area (Å²) in [7, 11) is 0. The van der Waals surface area contributed by atoms with E-state index < -0.39 is 0 Å². The zero-order valence-electron chi connectivity index (χ0n) is 7.45. The fourth-order valence-electron chi connectivity index (χ4n) is 1.51. The third-order valence-corrected chi connectivity index (χ3v) is 2.12. The molecule has 0 bridgehead atoms. The summed E-state index contributed by atoms with van der Waals surface area (Å²) in [5.74, 6) is 0. The maximum atomic E-state index is 4.26. The average Bonchev–Trinajstić information content (AvgIpc) is 2.78. The van der Waals surface area contributed by atoms with Crippen LogP contribution < -0.4 is 10.6 Å². The Morgan fingerprint density at radius 3 is 1.57 bits per heavy atom. The van der Waals surface area contributed by atoms with Crippen LogP contribution in [-0.2, 0) is 3.84 Å². The molecule has 2 aliphatic rings. The quantitative estimate of drug-likeness (QED) is 0.723. The zero-order chi connectivity index (χ0) is 9.52. The van der Waals surface area contributed by atoms with Gasteiger partial charge in [-0.3, -0.25) is 0 Å². The minimum atomic E-state index is 0. The molecule has 0 amide bonds. The Kier molecular flexibility index (Phi) is 8.53. The van der Waals surface area contributed by atoms with E-state index >= 15 is 0 Å². The van der Waals surface area contributed by atoms with E-state index in [0.29, 0.717) is 12.1 Å². The van der Waals surface area contributed by atoms with Gasteiger partial charge in [0.2, 0.25) is 0 Å². The van der Waals surface area contributed by atoms with Gasteiger partial charge in [0.25, 0.3) is 0 Å². The molecule has 2 N–H and O–H groups in total. The van der Waals surface area contributed by atoms with Crippen LogP contribution in [-0.4, -0.2) is 29.2 Å². The monoisotopic (exact) mass is 302 g/mol. The van der Waals surface area contributed by atoms with Crippen LogP contribution in [0.4, 0.5) is 0 Å². The van der Waals surface area contributed by atoms with Crippen molar-refractivity contribution in [3.05, 3.63) is 24.6 Å². The van der Waals surface area contributed by atoms with Crippen LogP contribution >= 0.6 is 23.7 Å². The number of halogens is 2. The van der Waals surface area contributed by atoms with Crippen LogP contribution in [0, 0.1) is 0 Å². The second-order valence-electron chi connectivity index (χ2n) is 2.88. The van der Waals surface area contributed by atoms with Gasteiger partial charge in [-0.2, -0.15) is 3.84 Å². The van der Waals surface area contributed by atoms with E-state index in [0.717, 1.165) is 0 Å². The van der Waals surface area contributed by atoms with Crippen LogP contribution in [0.1, 0.15) is 12.8 Å². The molecule has 0 aliphatic carbocycles. The summed E-state index contributed by atoms with van der Waals surface area (Å²) in [6, 6.07) is 1.24. The van der Waals surface area contributed by atoms with Gasteiger partial charge in [-0.1, -0.05) is 12.2 Å². The predicted octanol–water partition coefficient (Wildman–Crippen LogP) is 1.67. The largest absolute Gasteiger partial charge is 0.386 e. The molecule has 0 aromatic rings. The molecule has 0 spiro atoms. The molecule has 80 valence electrons. The van der Waals surface area contributed by atoms with Crippen molar-refractivity contribution in [3.63, 3.8) is 0 Å². The van der Waals surface area contributed by atoms with Crippen molar-refractivity contribution >= 4 is 40.8 Å². The molecule has 6 heteroatoms. The van der Waals surface area contributed by atoms with E-state index in [4.69, 9.17) is 0 Å². The zero-order valence-corrected chi connectivity index (χ0v) is 10.7. The summed E-state index contributed by atoms with van der Waals surface area (Å²) >= 11 is 8.53. The first kappa shape index (κ1) is 14.1. The maximum absolute atomic E-state index is 4.26. The Labute approximate surface area is 105 Å². The van der Waals surface area contributed by atoms with E-state index in [-0.39, 0.29) is 17.1 Å². The summed E-state index contributed by atoms with van der Waals surface area (Å²) < 4.78 is 3.19. The number of rotatable bonds is 1. The van der Waals surface area contributed by atoms with Gasteiger partial charge in [0.05, 0.1) is 23.7 Å². The summed E-state index contributed by atoms with van der Waals surface area (Å²) in [5.41, 5.74) is 0. The second kappa shape index (κ2) is 8.45. The molecule has 0 saturated carbocycles. The van der Waals surface area contributed by atoms with Crippen LogP contribution in [0.3, 0.4) is 0 Å². The number of hydrogen-bond donors (Lipinski definition) is 2. The molecule has 2 aliphatic heterocycles. The van der Waals surface area contributed by atoms with Gasteiger partial charge in [0, 0.05) is 29.2 Å². The molecule has 3 nitrogen and oxygen atoms in total. The van der Waals surface area contributed by atoms with Crippen LogP contribution in [0.5, 0.6) is 0 Å². The van der Waals surface area contributed by atoms with Crippen molar-refractivity contribution in [1.29, 1.82) is 0 Å². The molecule has 2 heterocycles. The second-order valence-corrected chi connectivity index (χ2v) is 3.35. The van der Waals surface area contributed by atoms with Crippen molar-refractivity contribution in [2.24, 2.45) is 0 Å². The molecule has 14 heavy (non-hydrogen) atoms. The number of hydrogen-bond acceptors (Lipinski definition) is 3. The molecule has 2 atom stereocenters. The van der Waals surface area contributed by atoms with E-state index in [1.165, 1.54) is 12.8 Å².